The van der Waals surface area contributed by atoms with Crippen LogP contribution in [0.5, 0.6) is 0 Å². The van der Waals surface area contributed by atoms with Crippen LogP contribution in [0.15, 0.2) is 42.6 Å². The van der Waals surface area contributed by atoms with Gasteiger partial charge in [-0.2, -0.15) is 18.2 Å². The molecule has 1 aromatic heterocycles. The lowest BCUT2D eigenvalue weighted by Crippen LogP contribution is -2.29. The Labute approximate surface area is 260 Å². The van der Waals surface area contributed by atoms with Crippen molar-refractivity contribution in [2.45, 2.75) is 51.5 Å². The molecule has 2 aliphatic heterocycles. The van der Waals surface area contributed by atoms with E-state index in [-0.39, 0.29) is 42.8 Å². The van der Waals surface area contributed by atoms with Crippen LogP contribution in [0.4, 0.5) is 36.3 Å². The molecular formula is C31H38F3N6O4P. The van der Waals surface area contributed by atoms with Crippen LogP contribution in [0.1, 0.15) is 65.2 Å². The minimum atomic E-state index is -4.74. The van der Waals surface area contributed by atoms with Crippen LogP contribution < -0.4 is 10.6 Å². The van der Waals surface area contributed by atoms with Crippen LogP contribution in [0.2, 0.25) is 0 Å². The second-order valence-corrected chi connectivity index (χ2v) is 13.4. The molecule has 2 aliphatic rings. The molecule has 45 heavy (non-hydrogen) atoms. The number of aromatic nitrogens is 2. The predicted molar refractivity (Wildman–Crippen MR) is 166 cm³/mol. The van der Waals surface area contributed by atoms with Crippen LogP contribution in [-0.2, 0) is 32.5 Å². The molecule has 0 aliphatic carbocycles. The smallest absolute Gasteiger partial charge is 0.339 e. The van der Waals surface area contributed by atoms with Crippen molar-refractivity contribution in [2.75, 3.05) is 51.0 Å². The molecule has 5 rings (SSSR count). The Kier molecular flexibility index (Phi) is 9.83. The number of carbonyl (C=O) groups excluding carboxylic acids is 1. The van der Waals surface area contributed by atoms with E-state index in [2.05, 4.69) is 32.5 Å². The van der Waals surface area contributed by atoms with Gasteiger partial charge in [0.2, 0.25) is 5.95 Å². The second kappa shape index (κ2) is 13.5. The van der Waals surface area contributed by atoms with Gasteiger partial charge in [0, 0.05) is 25.5 Å². The Morgan fingerprint density at radius 1 is 1.00 bits per heavy atom. The highest BCUT2D eigenvalue weighted by Gasteiger charge is 2.37. The van der Waals surface area contributed by atoms with E-state index in [9.17, 15) is 22.5 Å². The Balaban J connectivity index is 1.42. The number of rotatable bonds is 11. The first-order chi connectivity index (χ1) is 21.4. The summed E-state index contributed by atoms with van der Waals surface area (Å²) in [5.74, 6) is -0.514. The number of alkyl halides is 3. The molecule has 3 aromatic rings. The zero-order chi connectivity index (χ0) is 32.4. The molecule has 242 valence electrons. The van der Waals surface area contributed by atoms with Crippen molar-refractivity contribution in [3.05, 3.63) is 70.4 Å². The molecule has 1 fully saturated rings. The number of nitrogens with zero attached hydrogens (tertiary/aromatic N) is 4. The average Bonchev–Trinajstić information content (AvgIpc) is 3.28. The highest BCUT2D eigenvalue weighted by atomic mass is 31.2. The lowest BCUT2D eigenvalue weighted by molar-refractivity contribution is -0.137. The number of carbonyl (C=O) groups is 1. The fraction of sp³-hybridized carbons (Fsp3) is 0.452. The van der Waals surface area contributed by atoms with E-state index < -0.39 is 25.2 Å². The monoisotopic (exact) mass is 646 g/mol. The van der Waals surface area contributed by atoms with Crippen molar-refractivity contribution in [3.63, 3.8) is 0 Å². The van der Waals surface area contributed by atoms with E-state index in [0.717, 1.165) is 37.1 Å². The standard InChI is InChI=1S/C31H38F3N6O4P/c1-5-43-45(42,44-6-2)19-20-7-9-22(10-8-20)36-30-35-17-25(31(32,33)34)28(38-30)37-26-12-11-23(21-13-15-39(3)16-14-21)24-18-40(4)29(41)27(24)26/h7-12,17,21H,5-6,13-16,18-19H2,1-4H3,(H2,35,36,37,38). The van der Waals surface area contributed by atoms with Crippen molar-refractivity contribution in [1.82, 2.24) is 19.8 Å². The van der Waals surface area contributed by atoms with Gasteiger partial charge in [0.05, 0.1) is 30.6 Å². The highest BCUT2D eigenvalue weighted by molar-refractivity contribution is 7.53. The SMILES string of the molecule is CCOP(=O)(Cc1ccc(Nc2ncc(C(F)(F)F)c(Nc3ccc(C4CCN(C)CC4)c4c3C(=O)N(C)C4)n2)cc1)OCC. The molecule has 2 aromatic carbocycles. The maximum absolute atomic E-state index is 14.1. The maximum Gasteiger partial charge on any atom is 0.421 e. The van der Waals surface area contributed by atoms with Crippen LogP contribution >= 0.6 is 7.60 Å². The third kappa shape index (κ3) is 7.49. The molecule has 0 spiro atoms. The van der Waals surface area contributed by atoms with Gasteiger partial charge in [0.15, 0.2) is 0 Å². The minimum Gasteiger partial charge on any atom is -0.339 e. The third-order valence-electron chi connectivity index (χ3n) is 8.05. The van der Waals surface area contributed by atoms with E-state index in [1.165, 1.54) is 0 Å². The molecule has 2 N–H and O–H groups in total. The number of halogens is 3. The van der Waals surface area contributed by atoms with E-state index in [1.807, 2.05) is 6.07 Å². The van der Waals surface area contributed by atoms with Gasteiger partial charge in [0.25, 0.3) is 5.91 Å². The van der Waals surface area contributed by atoms with Crippen molar-refractivity contribution in [1.29, 1.82) is 0 Å². The zero-order valence-corrected chi connectivity index (χ0v) is 26.7. The lowest BCUT2D eigenvalue weighted by atomic mass is 9.85. The Hall–Kier alpha value is -3.51. The van der Waals surface area contributed by atoms with Gasteiger partial charge in [-0.05, 0) is 87.6 Å². The first-order valence-electron chi connectivity index (χ1n) is 15.0. The summed E-state index contributed by atoms with van der Waals surface area (Å²) < 4.78 is 65.8. The van der Waals surface area contributed by atoms with Crippen LogP contribution in [0, 0.1) is 0 Å². The Morgan fingerprint density at radius 3 is 2.29 bits per heavy atom. The van der Waals surface area contributed by atoms with Crippen molar-refractivity contribution in [2.24, 2.45) is 0 Å². The predicted octanol–water partition coefficient (Wildman–Crippen LogP) is 7.14. The van der Waals surface area contributed by atoms with E-state index >= 15 is 0 Å². The second-order valence-electron chi connectivity index (χ2n) is 11.3. The summed E-state index contributed by atoms with van der Waals surface area (Å²) in [6.07, 6.45) is -2.05. The highest BCUT2D eigenvalue weighted by Crippen LogP contribution is 2.51. The van der Waals surface area contributed by atoms with Gasteiger partial charge in [-0.15, -0.1) is 0 Å². The largest absolute Gasteiger partial charge is 0.421 e. The van der Waals surface area contributed by atoms with Gasteiger partial charge >= 0.3 is 13.8 Å². The van der Waals surface area contributed by atoms with Crippen molar-refractivity contribution in [3.8, 4) is 0 Å². The van der Waals surface area contributed by atoms with Crippen molar-refractivity contribution < 1.29 is 31.6 Å². The molecule has 10 nitrogen and oxygen atoms in total. The van der Waals surface area contributed by atoms with Crippen LogP contribution in [0.3, 0.4) is 0 Å². The number of hydrogen-bond donors (Lipinski definition) is 2. The molecular weight excluding hydrogens is 608 g/mol. The minimum absolute atomic E-state index is 0.0735. The fourth-order valence-electron chi connectivity index (χ4n) is 5.83. The molecule has 0 saturated carbocycles. The molecule has 14 heteroatoms. The number of fused-ring (bicyclic) bond motifs is 1. The lowest BCUT2D eigenvalue weighted by Gasteiger charge is -2.30. The quantitative estimate of drug-likeness (QED) is 0.210. The van der Waals surface area contributed by atoms with E-state index in [1.54, 1.807) is 56.1 Å². The zero-order valence-electron chi connectivity index (χ0n) is 25.8. The summed E-state index contributed by atoms with van der Waals surface area (Å²) in [7, 11) is 0.467. The molecule has 0 unspecified atom stereocenters. The number of benzene rings is 2. The summed E-state index contributed by atoms with van der Waals surface area (Å²) in [4.78, 5) is 25.2. The number of nitrogens with one attached hydrogen (secondary N) is 2. The Bertz CT molecular complexity index is 1570. The van der Waals surface area contributed by atoms with Gasteiger partial charge in [-0.3, -0.25) is 9.36 Å². The summed E-state index contributed by atoms with van der Waals surface area (Å²) >= 11 is 0. The van der Waals surface area contributed by atoms with Crippen LogP contribution in [0.25, 0.3) is 0 Å². The van der Waals surface area contributed by atoms with Gasteiger partial charge in [-0.1, -0.05) is 18.2 Å². The van der Waals surface area contributed by atoms with E-state index in [0.29, 0.717) is 29.6 Å². The van der Waals surface area contributed by atoms with E-state index in [4.69, 9.17) is 9.05 Å². The Morgan fingerprint density at radius 2 is 1.67 bits per heavy atom. The number of likely N-dealkylation sites (tertiary alicyclic amines) is 1. The number of piperidine rings is 1. The molecule has 0 bridgehead atoms. The number of amides is 1. The van der Waals surface area contributed by atoms with Crippen LogP contribution in [-0.4, -0.2) is 66.1 Å². The summed E-state index contributed by atoms with van der Waals surface area (Å²) in [6, 6.07) is 10.4. The first kappa shape index (κ1) is 32.9. The summed E-state index contributed by atoms with van der Waals surface area (Å²) in [5.41, 5.74) is 2.72. The summed E-state index contributed by atoms with van der Waals surface area (Å²) in [6.45, 7) is 6.25. The molecule has 1 amide bonds. The van der Waals surface area contributed by atoms with Gasteiger partial charge < -0.3 is 29.5 Å². The summed E-state index contributed by atoms with van der Waals surface area (Å²) in [5, 5.41) is 5.76. The third-order valence-corrected chi connectivity index (χ3v) is 10.1. The first-order valence-corrected chi connectivity index (χ1v) is 16.7. The molecule has 0 atom stereocenters. The molecule has 3 heterocycles. The maximum atomic E-state index is 14.1. The molecule has 0 radical (unpaired) electrons. The van der Waals surface area contributed by atoms with Gasteiger partial charge in [-0.25, -0.2) is 4.98 Å². The average molecular weight is 647 g/mol. The van der Waals surface area contributed by atoms with Gasteiger partial charge in [0.1, 0.15) is 11.4 Å². The number of hydrogen-bond acceptors (Lipinski definition) is 9. The topological polar surface area (TPSA) is 109 Å². The van der Waals surface area contributed by atoms with Crippen molar-refractivity contribution >= 4 is 36.6 Å². The fourth-order valence-corrected chi connectivity index (χ4v) is 7.53. The normalized spacial score (nSPS) is 16.2. The number of anilines is 4. The molecule has 1 saturated heterocycles.